The first kappa shape index (κ1) is 17.6. The number of para-hydroxylation sites is 1. The van der Waals surface area contributed by atoms with Gasteiger partial charge in [0.2, 0.25) is 0 Å². The molecule has 27 heavy (non-hydrogen) atoms. The van der Waals surface area contributed by atoms with Gasteiger partial charge in [0.15, 0.2) is 11.5 Å². The van der Waals surface area contributed by atoms with E-state index in [1.165, 1.54) is 11.3 Å². The van der Waals surface area contributed by atoms with Crippen LogP contribution in [0.3, 0.4) is 0 Å². The second-order valence-electron chi connectivity index (χ2n) is 6.36. The van der Waals surface area contributed by atoms with Gasteiger partial charge in [-0.15, -0.1) is 11.3 Å². The summed E-state index contributed by atoms with van der Waals surface area (Å²) in [5.74, 6) is 1.24. The fraction of sp³-hybridized carbons (Fsp3) is 0.300. The number of amides is 1. The molecule has 1 N–H and O–H groups in total. The molecule has 0 spiro atoms. The van der Waals surface area contributed by atoms with E-state index in [2.05, 4.69) is 9.97 Å². The summed E-state index contributed by atoms with van der Waals surface area (Å²) < 4.78 is 10.9. The summed E-state index contributed by atoms with van der Waals surface area (Å²) in [6.07, 6.45) is 3.86. The van der Waals surface area contributed by atoms with Crippen molar-refractivity contribution in [2.24, 2.45) is 0 Å². The zero-order valence-electron chi connectivity index (χ0n) is 15.3. The van der Waals surface area contributed by atoms with Crippen molar-refractivity contribution in [1.29, 1.82) is 0 Å². The summed E-state index contributed by atoms with van der Waals surface area (Å²) in [5.41, 5.74) is 2.37. The number of methoxy groups -OCH3 is 2. The van der Waals surface area contributed by atoms with Gasteiger partial charge in [-0.1, -0.05) is 6.07 Å². The Morgan fingerprint density at radius 3 is 2.89 bits per heavy atom. The highest BCUT2D eigenvalue weighted by atomic mass is 32.1. The Labute approximate surface area is 161 Å². The lowest BCUT2D eigenvalue weighted by molar-refractivity contribution is 0.0728. The molecular weight excluding hydrogens is 362 g/mol. The van der Waals surface area contributed by atoms with Gasteiger partial charge in [-0.05, 0) is 37.1 Å². The summed E-state index contributed by atoms with van der Waals surface area (Å²) in [5, 5.41) is 2.56. The number of nitrogens with one attached hydrogen (secondary N) is 1. The molecule has 0 radical (unpaired) electrons. The predicted octanol–water partition coefficient (Wildman–Crippen LogP) is 4.13. The third kappa shape index (κ3) is 3.19. The molecule has 3 aromatic rings. The van der Waals surface area contributed by atoms with Crippen LogP contribution in [0.2, 0.25) is 0 Å². The Kier molecular flexibility index (Phi) is 4.85. The van der Waals surface area contributed by atoms with Gasteiger partial charge in [0.25, 0.3) is 5.91 Å². The molecule has 1 aliphatic heterocycles. The summed E-state index contributed by atoms with van der Waals surface area (Å²) in [4.78, 5) is 22.8. The Balaban J connectivity index is 1.62. The maximum absolute atomic E-state index is 13.1. The zero-order chi connectivity index (χ0) is 18.8. The van der Waals surface area contributed by atoms with E-state index in [1.807, 2.05) is 46.8 Å². The first-order valence-corrected chi connectivity index (χ1v) is 9.72. The molecule has 1 saturated heterocycles. The van der Waals surface area contributed by atoms with E-state index in [0.29, 0.717) is 17.2 Å². The largest absolute Gasteiger partial charge is 0.493 e. The van der Waals surface area contributed by atoms with Crippen LogP contribution in [0.25, 0.3) is 10.6 Å². The van der Waals surface area contributed by atoms with Crippen molar-refractivity contribution in [3.63, 3.8) is 0 Å². The number of ether oxygens (including phenoxy) is 2. The zero-order valence-corrected chi connectivity index (χ0v) is 16.1. The fourth-order valence-corrected chi connectivity index (χ4v) is 4.40. The highest BCUT2D eigenvalue weighted by Gasteiger charge is 2.32. The molecule has 0 bridgehead atoms. The van der Waals surface area contributed by atoms with Crippen LogP contribution in [-0.2, 0) is 0 Å². The highest BCUT2D eigenvalue weighted by Crippen LogP contribution is 2.39. The predicted molar refractivity (Wildman–Crippen MR) is 104 cm³/mol. The molecule has 1 aliphatic rings. The van der Waals surface area contributed by atoms with Crippen molar-refractivity contribution < 1.29 is 14.3 Å². The van der Waals surface area contributed by atoms with Gasteiger partial charge in [-0.3, -0.25) is 4.79 Å². The summed E-state index contributed by atoms with van der Waals surface area (Å²) >= 11 is 1.44. The van der Waals surface area contributed by atoms with Gasteiger partial charge in [-0.2, -0.15) is 0 Å². The number of hydrogen-bond acceptors (Lipinski definition) is 5. The maximum atomic E-state index is 13.1. The molecule has 140 valence electrons. The van der Waals surface area contributed by atoms with Crippen LogP contribution in [-0.4, -0.2) is 41.5 Å². The number of rotatable bonds is 5. The normalized spacial score (nSPS) is 16.5. The van der Waals surface area contributed by atoms with E-state index in [1.54, 1.807) is 14.2 Å². The quantitative estimate of drug-likeness (QED) is 0.719. The Morgan fingerprint density at radius 1 is 1.26 bits per heavy atom. The fourth-order valence-electron chi connectivity index (χ4n) is 3.58. The van der Waals surface area contributed by atoms with Crippen molar-refractivity contribution >= 4 is 17.2 Å². The smallest absolute Gasteiger partial charge is 0.273 e. The van der Waals surface area contributed by atoms with E-state index in [9.17, 15) is 4.79 Å². The summed E-state index contributed by atoms with van der Waals surface area (Å²) in [7, 11) is 3.21. The highest BCUT2D eigenvalue weighted by molar-refractivity contribution is 7.13. The van der Waals surface area contributed by atoms with Crippen LogP contribution < -0.4 is 9.47 Å². The minimum Gasteiger partial charge on any atom is -0.493 e. The van der Waals surface area contributed by atoms with E-state index in [0.717, 1.165) is 35.7 Å². The molecule has 1 fully saturated rings. The summed E-state index contributed by atoms with van der Waals surface area (Å²) in [6.45, 7) is 0.748. The maximum Gasteiger partial charge on any atom is 0.273 e. The molecule has 1 amide bonds. The molecule has 0 unspecified atom stereocenters. The van der Waals surface area contributed by atoms with E-state index in [4.69, 9.17) is 9.47 Å². The van der Waals surface area contributed by atoms with Crippen molar-refractivity contribution in [2.75, 3.05) is 20.8 Å². The number of nitrogens with zero attached hydrogens (tertiary/aromatic N) is 2. The lowest BCUT2D eigenvalue weighted by atomic mass is 10.1. The molecule has 0 saturated carbocycles. The van der Waals surface area contributed by atoms with Crippen LogP contribution in [0, 0.1) is 0 Å². The van der Waals surface area contributed by atoms with Crippen LogP contribution in [0.4, 0.5) is 0 Å². The third-order valence-corrected chi connectivity index (χ3v) is 5.73. The number of aromatic amines is 1. The lowest BCUT2D eigenvalue weighted by Gasteiger charge is -2.23. The third-order valence-electron chi connectivity index (χ3n) is 4.85. The standard InChI is InChI=1S/C20H21N3O3S/c1-25-17-9-3-6-13(18(17)26-2)19-22-15(12-27-19)20(24)23-11-5-8-16(23)14-7-4-10-21-14/h3-4,6-7,9-10,12,16,21H,5,8,11H2,1-2H3/t16-/m1/s1. The second kappa shape index (κ2) is 7.44. The van der Waals surface area contributed by atoms with E-state index >= 15 is 0 Å². The molecule has 0 aliphatic carbocycles. The Bertz CT molecular complexity index is 936. The summed E-state index contributed by atoms with van der Waals surface area (Å²) in [6, 6.07) is 9.74. The molecule has 2 aromatic heterocycles. The first-order chi connectivity index (χ1) is 13.2. The molecule has 4 rings (SSSR count). The molecule has 6 nitrogen and oxygen atoms in total. The van der Waals surface area contributed by atoms with Crippen LogP contribution in [0.15, 0.2) is 41.9 Å². The van der Waals surface area contributed by atoms with Gasteiger partial charge in [0, 0.05) is 23.8 Å². The first-order valence-electron chi connectivity index (χ1n) is 8.84. The van der Waals surface area contributed by atoms with Crippen LogP contribution >= 0.6 is 11.3 Å². The molecule has 7 heteroatoms. The SMILES string of the molecule is COc1cccc(-c2nc(C(=O)N3CCC[C@@H]3c3ccc[nH]3)cs2)c1OC. The minimum atomic E-state index is -0.0311. The number of hydrogen-bond donors (Lipinski definition) is 1. The number of carbonyl (C=O) groups excluding carboxylic acids is 1. The van der Waals surface area contributed by atoms with Crippen molar-refractivity contribution in [1.82, 2.24) is 14.9 Å². The van der Waals surface area contributed by atoms with Crippen LogP contribution in [0.1, 0.15) is 35.1 Å². The number of thiazole rings is 1. The average Bonchev–Trinajstić information content (AvgIpc) is 3.47. The van der Waals surface area contributed by atoms with E-state index in [-0.39, 0.29) is 11.9 Å². The van der Waals surface area contributed by atoms with Gasteiger partial charge in [-0.25, -0.2) is 4.98 Å². The monoisotopic (exact) mass is 383 g/mol. The number of likely N-dealkylation sites (tertiary alicyclic amines) is 1. The Morgan fingerprint density at radius 2 is 2.15 bits per heavy atom. The number of aromatic nitrogens is 2. The van der Waals surface area contributed by atoms with Gasteiger partial charge < -0.3 is 19.4 Å². The lowest BCUT2D eigenvalue weighted by Crippen LogP contribution is -2.30. The van der Waals surface area contributed by atoms with Gasteiger partial charge in [0.1, 0.15) is 10.7 Å². The van der Waals surface area contributed by atoms with Crippen LogP contribution in [0.5, 0.6) is 11.5 Å². The number of H-pyrrole nitrogens is 1. The van der Waals surface area contributed by atoms with Gasteiger partial charge >= 0.3 is 0 Å². The number of carbonyl (C=O) groups is 1. The molecule has 1 atom stereocenters. The van der Waals surface area contributed by atoms with Crippen molar-refractivity contribution in [3.8, 4) is 22.1 Å². The molecule has 1 aromatic carbocycles. The second-order valence-corrected chi connectivity index (χ2v) is 7.22. The molecular formula is C20H21N3O3S. The minimum absolute atomic E-state index is 0.0311. The van der Waals surface area contributed by atoms with Crippen molar-refractivity contribution in [3.05, 3.63) is 53.3 Å². The Hall–Kier alpha value is -2.80. The van der Waals surface area contributed by atoms with Gasteiger partial charge in [0.05, 0.1) is 25.8 Å². The average molecular weight is 383 g/mol. The topological polar surface area (TPSA) is 67.5 Å². The number of benzene rings is 1. The molecule has 3 heterocycles. The van der Waals surface area contributed by atoms with E-state index < -0.39 is 0 Å². The van der Waals surface area contributed by atoms with Crippen molar-refractivity contribution in [2.45, 2.75) is 18.9 Å².